The standard InChI is InChI=1S/C42H28N2O4S8/c1-5-20-7-11-28(50-20)32-16-24-37(54-32)38-26(42(48)44(4)40(24)46)18-34(56-38)30-13-9-22(52-30)14-21-8-12-29(51-21)33-17-25-36(55-33)35-23(39(45)43(3)41(25)47)15-31(53-35)27-10-6-19(2)49-27/h6-13,15-18H,5,14H2,1-4H3. The van der Waals surface area contributed by atoms with Crippen LogP contribution in [-0.2, 0) is 26.9 Å². The third-order valence-electron chi connectivity index (χ3n) is 9.87. The van der Waals surface area contributed by atoms with E-state index >= 15 is 0 Å². The Balaban J connectivity index is 0.982. The number of thiophene rings is 8. The predicted molar refractivity (Wildman–Crippen MR) is 248 cm³/mol. The number of fused-ring (bicyclic) bond motifs is 6. The molecule has 0 N–H and O–H groups in total. The highest BCUT2D eigenvalue weighted by Gasteiger charge is 2.20. The number of hydrogen-bond donors (Lipinski definition) is 0. The van der Waals surface area contributed by atoms with Gasteiger partial charge in [-0.05, 0) is 86.1 Å². The van der Waals surface area contributed by atoms with Crippen LogP contribution in [0.3, 0.4) is 0 Å². The summed E-state index contributed by atoms with van der Waals surface area (Å²) in [6.45, 7) is 4.22. The maximum absolute atomic E-state index is 13.6. The van der Waals surface area contributed by atoms with Crippen molar-refractivity contribution in [3.63, 3.8) is 0 Å². The van der Waals surface area contributed by atoms with Crippen molar-refractivity contribution >= 4 is 131 Å². The SMILES string of the molecule is CCc1ccc(-c2cc3c(=O)n(C)c(=O)c4cc(-c5ccc(Cc6ccc(-c7cc8c(=O)n(C)c(=O)c9cc(-c%10ccc(C)s%10)sc9c8s7)s6)s5)sc4c3s2)s1. The molecule has 0 spiro atoms. The van der Waals surface area contributed by atoms with Crippen molar-refractivity contribution in [2.24, 2.45) is 14.1 Å². The molecule has 6 nitrogen and oxygen atoms in total. The van der Waals surface area contributed by atoms with Crippen molar-refractivity contribution in [1.82, 2.24) is 9.13 Å². The molecule has 56 heavy (non-hydrogen) atoms. The zero-order chi connectivity index (χ0) is 38.6. The summed E-state index contributed by atoms with van der Waals surface area (Å²) in [6.07, 6.45) is 1.73. The molecular formula is C42H28N2O4S8. The van der Waals surface area contributed by atoms with E-state index in [2.05, 4.69) is 62.4 Å². The van der Waals surface area contributed by atoms with Gasteiger partial charge in [0.15, 0.2) is 0 Å². The molecule has 0 bridgehead atoms. The van der Waals surface area contributed by atoms with Crippen molar-refractivity contribution in [1.29, 1.82) is 0 Å². The molecule has 10 heterocycles. The quantitative estimate of drug-likeness (QED) is 0.160. The summed E-state index contributed by atoms with van der Waals surface area (Å²) in [6, 6.07) is 24.8. The summed E-state index contributed by atoms with van der Waals surface area (Å²) in [4.78, 5) is 67.4. The van der Waals surface area contributed by atoms with Crippen LogP contribution in [-0.4, -0.2) is 9.13 Å². The first-order valence-corrected chi connectivity index (χ1v) is 24.1. The molecule has 0 saturated carbocycles. The molecule has 10 aromatic heterocycles. The van der Waals surface area contributed by atoms with Crippen LogP contribution < -0.4 is 22.2 Å². The molecule has 0 aromatic carbocycles. The Kier molecular flexibility index (Phi) is 8.91. The van der Waals surface area contributed by atoms with Crippen molar-refractivity contribution < 1.29 is 0 Å². The molecule has 0 atom stereocenters. The van der Waals surface area contributed by atoms with Crippen molar-refractivity contribution in [2.45, 2.75) is 26.7 Å². The molecule has 10 rings (SSSR count). The normalized spacial score (nSPS) is 12.0. The predicted octanol–water partition coefficient (Wildman–Crippen LogP) is 12.0. The molecule has 0 aliphatic heterocycles. The molecule has 14 heteroatoms. The van der Waals surface area contributed by atoms with Crippen LogP contribution in [0.2, 0.25) is 0 Å². The molecule has 0 saturated heterocycles. The highest BCUT2D eigenvalue weighted by Crippen LogP contribution is 2.45. The van der Waals surface area contributed by atoms with E-state index in [0.717, 1.165) is 70.7 Å². The maximum Gasteiger partial charge on any atom is 0.262 e. The fraction of sp³-hybridized carbons (Fsp3) is 0.143. The van der Waals surface area contributed by atoms with E-state index in [9.17, 15) is 19.2 Å². The Labute approximate surface area is 350 Å². The molecule has 10 aromatic rings. The van der Waals surface area contributed by atoms with Crippen LogP contribution in [0.25, 0.3) is 79.4 Å². The van der Waals surface area contributed by atoms with Crippen molar-refractivity contribution in [2.75, 3.05) is 0 Å². The largest absolute Gasteiger partial charge is 0.277 e. The van der Waals surface area contributed by atoms with Gasteiger partial charge in [-0.2, -0.15) is 0 Å². The minimum absolute atomic E-state index is 0.264. The van der Waals surface area contributed by atoms with Crippen LogP contribution in [0.15, 0.2) is 92.0 Å². The molecular weight excluding hydrogens is 853 g/mol. The lowest BCUT2D eigenvalue weighted by atomic mass is 10.2. The highest BCUT2D eigenvalue weighted by molar-refractivity contribution is 7.33. The second kappa shape index (κ2) is 13.8. The van der Waals surface area contributed by atoms with E-state index in [0.29, 0.717) is 21.5 Å². The Hall–Kier alpha value is -4.12. The lowest BCUT2D eigenvalue weighted by Crippen LogP contribution is -2.26. The van der Waals surface area contributed by atoms with Gasteiger partial charge >= 0.3 is 0 Å². The Morgan fingerprint density at radius 3 is 1.05 bits per heavy atom. The third kappa shape index (κ3) is 5.92. The van der Waals surface area contributed by atoms with E-state index in [1.54, 1.807) is 105 Å². The topological polar surface area (TPSA) is 78.1 Å². The third-order valence-corrected chi connectivity index (χ3v) is 19.9. The van der Waals surface area contributed by atoms with E-state index in [1.165, 1.54) is 28.6 Å². The lowest BCUT2D eigenvalue weighted by molar-refractivity contribution is 0.846. The van der Waals surface area contributed by atoms with Crippen LogP contribution >= 0.6 is 90.7 Å². The number of nitrogens with zero attached hydrogens (tertiary/aromatic N) is 2. The van der Waals surface area contributed by atoms with Gasteiger partial charge in [0.2, 0.25) is 0 Å². The van der Waals surface area contributed by atoms with Crippen molar-refractivity contribution in [3.8, 4) is 39.0 Å². The fourth-order valence-electron chi connectivity index (χ4n) is 6.92. The minimum atomic E-state index is -0.276. The molecule has 0 unspecified atom stereocenters. The smallest absolute Gasteiger partial charge is 0.262 e. The average molecular weight is 881 g/mol. The van der Waals surface area contributed by atoms with Crippen molar-refractivity contribution in [3.05, 3.63) is 134 Å². The van der Waals surface area contributed by atoms with Gasteiger partial charge in [-0.3, -0.25) is 28.3 Å². The molecule has 0 aliphatic rings. The molecule has 0 radical (unpaired) electrons. The van der Waals surface area contributed by atoms with Crippen LogP contribution in [0.5, 0.6) is 0 Å². The molecule has 278 valence electrons. The van der Waals surface area contributed by atoms with E-state index in [1.807, 2.05) is 24.3 Å². The van der Waals surface area contributed by atoms with Gasteiger partial charge in [-0.15, -0.1) is 90.7 Å². The first kappa shape index (κ1) is 36.2. The highest BCUT2D eigenvalue weighted by atomic mass is 32.1. The maximum atomic E-state index is 13.6. The van der Waals surface area contributed by atoms with Gasteiger partial charge in [0.25, 0.3) is 22.2 Å². The number of aryl methyl sites for hydroxylation is 2. The zero-order valence-electron chi connectivity index (χ0n) is 30.1. The molecule has 0 aliphatic carbocycles. The number of aromatic nitrogens is 2. The zero-order valence-corrected chi connectivity index (χ0v) is 36.7. The van der Waals surface area contributed by atoms with Gasteiger partial charge in [-0.25, -0.2) is 0 Å². The number of rotatable bonds is 7. The van der Waals surface area contributed by atoms with Crippen LogP contribution in [0.1, 0.15) is 26.4 Å². The van der Waals surface area contributed by atoms with Gasteiger partial charge in [0, 0.05) is 79.0 Å². The van der Waals surface area contributed by atoms with Gasteiger partial charge < -0.3 is 0 Å². The molecule has 0 amide bonds. The van der Waals surface area contributed by atoms with Gasteiger partial charge in [0.05, 0.1) is 40.3 Å². The van der Waals surface area contributed by atoms with Gasteiger partial charge in [-0.1, -0.05) is 6.92 Å². The van der Waals surface area contributed by atoms with E-state index < -0.39 is 0 Å². The summed E-state index contributed by atoms with van der Waals surface area (Å²) < 4.78 is 5.93. The van der Waals surface area contributed by atoms with E-state index in [4.69, 9.17) is 0 Å². The lowest BCUT2D eigenvalue weighted by Gasteiger charge is -1.94. The Morgan fingerprint density at radius 2 is 0.732 bits per heavy atom. The summed E-state index contributed by atoms with van der Waals surface area (Å²) in [5.74, 6) is 0. The number of hydrogen-bond acceptors (Lipinski definition) is 12. The van der Waals surface area contributed by atoms with Gasteiger partial charge in [0.1, 0.15) is 0 Å². The summed E-state index contributed by atoms with van der Waals surface area (Å²) in [5, 5.41) is 2.30. The summed E-state index contributed by atoms with van der Waals surface area (Å²) in [7, 11) is 3.14. The van der Waals surface area contributed by atoms with Crippen LogP contribution in [0.4, 0.5) is 0 Å². The minimum Gasteiger partial charge on any atom is -0.277 e. The second-order valence-electron chi connectivity index (χ2n) is 13.5. The fourth-order valence-corrected chi connectivity index (χ4v) is 16.1. The first-order valence-electron chi connectivity index (χ1n) is 17.6. The van der Waals surface area contributed by atoms with Crippen LogP contribution in [0, 0.1) is 6.92 Å². The Bertz CT molecular complexity index is 3480. The monoisotopic (exact) mass is 880 g/mol. The molecule has 0 fully saturated rings. The summed E-state index contributed by atoms with van der Waals surface area (Å²) in [5.41, 5.74) is -1.08. The summed E-state index contributed by atoms with van der Waals surface area (Å²) >= 11 is 13.2. The first-order chi connectivity index (χ1) is 27.0. The average Bonchev–Trinajstić information content (AvgIpc) is 4.04. The Morgan fingerprint density at radius 1 is 0.411 bits per heavy atom. The van der Waals surface area contributed by atoms with E-state index in [-0.39, 0.29) is 22.2 Å². The second-order valence-corrected chi connectivity index (χ2v) is 22.5.